The molecule has 4 nitrogen and oxygen atoms in total. The molecule has 0 aromatic rings. The summed E-state index contributed by atoms with van der Waals surface area (Å²) in [4.78, 5) is 12.2. The van der Waals surface area contributed by atoms with E-state index in [0.717, 1.165) is 13.0 Å². The summed E-state index contributed by atoms with van der Waals surface area (Å²) in [5.74, 6) is 0. The topological polar surface area (TPSA) is 72.3 Å². The third-order valence-corrected chi connectivity index (χ3v) is 1.96. The van der Waals surface area contributed by atoms with Crippen LogP contribution in [0.1, 0.15) is 13.3 Å². The molecule has 1 aliphatic rings. The maximum Gasteiger partial charge on any atom is 0.315 e. The number of nitrogens with zero attached hydrogens (tertiary/aromatic N) is 1. The Bertz CT molecular complexity index is 146. The van der Waals surface area contributed by atoms with Gasteiger partial charge in [0.25, 0.3) is 0 Å². The van der Waals surface area contributed by atoms with Gasteiger partial charge in [0, 0.05) is 18.6 Å². The van der Waals surface area contributed by atoms with E-state index in [0.29, 0.717) is 0 Å². The first-order valence-electron chi connectivity index (χ1n) is 3.44. The molecule has 10 heavy (non-hydrogen) atoms. The van der Waals surface area contributed by atoms with Gasteiger partial charge in [-0.1, -0.05) is 0 Å². The van der Waals surface area contributed by atoms with Crippen LogP contribution in [0.5, 0.6) is 0 Å². The number of likely N-dealkylation sites (tertiary alicyclic amines) is 1. The highest BCUT2D eigenvalue weighted by molar-refractivity contribution is 5.73. The molecule has 0 aromatic heterocycles. The molecule has 2 atom stereocenters. The third-order valence-electron chi connectivity index (χ3n) is 1.96. The van der Waals surface area contributed by atoms with E-state index in [2.05, 4.69) is 0 Å². The number of hydrogen-bond donors (Lipinski definition) is 2. The van der Waals surface area contributed by atoms with Crippen molar-refractivity contribution >= 4 is 6.03 Å². The van der Waals surface area contributed by atoms with Gasteiger partial charge in [0.1, 0.15) is 0 Å². The number of amides is 2. The lowest BCUT2D eigenvalue weighted by Crippen LogP contribution is -2.59. The van der Waals surface area contributed by atoms with Gasteiger partial charge in [0.05, 0.1) is 0 Å². The molecular weight excluding hydrogens is 130 g/mol. The van der Waals surface area contributed by atoms with Crippen LogP contribution in [0.15, 0.2) is 0 Å². The van der Waals surface area contributed by atoms with Crippen molar-refractivity contribution in [2.75, 3.05) is 6.54 Å². The molecule has 0 aliphatic carbocycles. The molecule has 4 heteroatoms. The molecule has 1 fully saturated rings. The van der Waals surface area contributed by atoms with Gasteiger partial charge in [0.2, 0.25) is 0 Å². The molecule has 0 bridgehead atoms. The molecule has 0 aromatic carbocycles. The molecule has 1 saturated heterocycles. The van der Waals surface area contributed by atoms with Crippen molar-refractivity contribution in [3.8, 4) is 0 Å². The highest BCUT2D eigenvalue weighted by Gasteiger charge is 2.32. The smallest absolute Gasteiger partial charge is 0.315 e. The van der Waals surface area contributed by atoms with E-state index in [9.17, 15) is 4.79 Å². The van der Waals surface area contributed by atoms with E-state index in [1.54, 1.807) is 4.90 Å². The van der Waals surface area contributed by atoms with Crippen molar-refractivity contribution in [3.05, 3.63) is 0 Å². The standard InChI is InChI=1S/C6H13N3O/c1-4(7)5-2-3-9(5)6(8)10/h4-5H,2-3,7H2,1H3,(H2,8,10). The summed E-state index contributed by atoms with van der Waals surface area (Å²) in [5.41, 5.74) is 10.6. The number of carbonyl (C=O) groups excluding carboxylic acids is 1. The van der Waals surface area contributed by atoms with Gasteiger partial charge >= 0.3 is 6.03 Å². The third kappa shape index (κ3) is 1.07. The number of nitrogens with two attached hydrogens (primary N) is 2. The Morgan fingerprint density at radius 1 is 1.80 bits per heavy atom. The van der Waals surface area contributed by atoms with E-state index >= 15 is 0 Å². The van der Waals surface area contributed by atoms with E-state index in [1.807, 2.05) is 6.92 Å². The Morgan fingerprint density at radius 3 is 2.50 bits per heavy atom. The summed E-state index contributed by atoms with van der Waals surface area (Å²) in [7, 11) is 0. The number of carbonyl (C=O) groups is 1. The predicted molar refractivity (Wildman–Crippen MR) is 38.3 cm³/mol. The zero-order valence-corrected chi connectivity index (χ0v) is 6.08. The van der Waals surface area contributed by atoms with E-state index in [4.69, 9.17) is 11.5 Å². The van der Waals surface area contributed by atoms with Gasteiger partial charge in [-0.3, -0.25) is 0 Å². The lowest BCUT2D eigenvalue weighted by atomic mass is 9.98. The maximum atomic E-state index is 10.6. The first kappa shape index (κ1) is 7.34. The zero-order chi connectivity index (χ0) is 7.72. The summed E-state index contributed by atoms with van der Waals surface area (Å²) in [6.07, 6.45) is 0.987. The largest absolute Gasteiger partial charge is 0.351 e. The molecule has 4 N–H and O–H groups in total. The molecule has 1 aliphatic heterocycles. The van der Waals surface area contributed by atoms with Crippen LogP contribution in [0, 0.1) is 0 Å². The normalized spacial score (nSPS) is 27.4. The Kier molecular flexibility index (Phi) is 1.80. The van der Waals surface area contributed by atoms with Gasteiger partial charge in [-0.25, -0.2) is 4.79 Å². The van der Waals surface area contributed by atoms with Crippen LogP contribution in [0.2, 0.25) is 0 Å². The maximum absolute atomic E-state index is 10.6. The number of urea groups is 1. The summed E-state index contributed by atoms with van der Waals surface area (Å²) >= 11 is 0. The molecule has 0 radical (unpaired) electrons. The fourth-order valence-corrected chi connectivity index (χ4v) is 1.23. The molecular formula is C6H13N3O. The van der Waals surface area contributed by atoms with Crippen LogP contribution in [0.3, 0.4) is 0 Å². The van der Waals surface area contributed by atoms with Crippen LogP contribution in [0.4, 0.5) is 4.79 Å². The van der Waals surface area contributed by atoms with Gasteiger partial charge in [-0.15, -0.1) is 0 Å². The first-order valence-corrected chi connectivity index (χ1v) is 3.44. The zero-order valence-electron chi connectivity index (χ0n) is 6.08. The number of rotatable bonds is 1. The molecule has 0 spiro atoms. The van der Waals surface area contributed by atoms with Gasteiger partial charge in [-0.05, 0) is 13.3 Å². The van der Waals surface area contributed by atoms with Gasteiger partial charge in [-0.2, -0.15) is 0 Å². The minimum absolute atomic E-state index is 0.0428. The van der Waals surface area contributed by atoms with Crippen LogP contribution in [-0.2, 0) is 0 Å². The second-order valence-electron chi connectivity index (χ2n) is 2.75. The second kappa shape index (κ2) is 2.46. The number of hydrogen-bond acceptors (Lipinski definition) is 2. The Morgan fingerprint density at radius 2 is 2.40 bits per heavy atom. The predicted octanol–water partition coefficient (Wildman–Crippen LogP) is -0.513. The van der Waals surface area contributed by atoms with Crippen LogP contribution in [-0.4, -0.2) is 29.6 Å². The van der Waals surface area contributed by atoms with Gasteiger partial charge in [0.15, 0.2) is 0 Å². The Hall–Kier alpha value is -0.770. The van der Waals surface area contributed by atoms with Crippen molar-refractivity contribution in [2.24, 2.45) is 11.5 Å². The van der Waals surface area contributed by atoms with Crippen LogP contribution >= 0.6 is 0 Å². The second-order valence-corrected chi connectivity index (χ2v) is 2.75. The minimum Gasteiger partial charge on any atom is -0.351 e. The van der Waals surface area contributed by atoms with Crippen molar-refractivity contribution in [3.63, 3.8) is 0 Å². The average molecular weight is 143 g/mol. The molecule has 0 saturated carbocycles. The fraction of sp³-hybridized carbons (Fsp3) is 0.833. The van der Waals surface area contributed by atoms with Gasteiger partial charge < -0.3 is 16.4 Å². The van der Waals surface area contributed by atoms with E-state index in [1.165, 1.54) is 0 Å². The molecule has 2 unspecified atom stereocenters. The van der Waals surface area contributed by atoms with Crippen molar-refractivity contribution < 1.29 is 4.79 Å². The summed E-state index contributed by atoms with van der Waals surface area (Å²) < 4.78 is 0. The summed E-state index contributed by atoms with van der Waals surface area (Å²) in [5, 5.41) is 0. The SMILES string of the molecule is CC(N)C1CCN1C(N)=O. The van der Waals surface area contributed by atoms with E-state index in [-0.39, 0.29) is 18.1 Å². The Labute approximate surface area is 60.2 Å². The molecule has 1 heterocycles. The van der Waals surface area contributed by atoms with Crippen molar-refractivity contribution in [1.29, 1.82) is 0 Å². The highest BCUT2D eigenvalue weighted by Crippen LogP contribution is 2.18. The lowest BCUT2D eigenvalue weighted by Gasteiger charge is -2.41. The summed E-state index contributed by atoms with van der Waals surface area (Å²) in [6, 6.07) is -0.132. The van der Waals surface area contributed by atoms with Crippen molar-refractivity contribution in [1.82, 2.24) is 4.90 Å². The van der Waals surface area contributed by atoms with E-state index < -0.39 is 0 Å². The molecule has 58 valence electrons. The lowest BCUT2D eigenvalue weighted by molar-refractivity contribution is 0.108. The molecule has 1 rings (SSSR count). The molecule has 2 amide bonds. The summed E-state index contributed by atoms with van der Waals surface area (Å²) in [6.45, 7) is 2.65. The quantitative estimate of drug-likeness (QED) is 0.518. The average Bonchev–Trinajstić information content (AvgIpc) is 1.56. The number of primary amides is 1. The van der Waals surface area contributed by atoms with Crippen LogP contribution < -0.4 is 11.5 Å². The van der Waals surface area contributed by atoms with Crippen LogP contribution in [0.25, 0.3) is 0 Å². The minimum atomic E-state index is -0.353. The highest BCUT2D eigenvalue weighted by atomic mass is 16.2. The van der Waals surface area contributed by atoms with Crippen molar-refractivity contribution in [2.45, 2.75) is 25.4 Å². The monoisotopic (exact) mass is 143 g/mol. The first-order chi connectivity index (χ1) is 4.63. The fourth-order valence-electron chi connectivity index (χ4n) is 1.23. The Balaban J connectivity index is 2.43.